The molecule has 2 fully saturated rings. The summed E-state index contributed by atoms with van der Waals surface area (Å²) >= 11 is 0. The number of rotatable bonds is 5. The number of nitrogens with zero attached hydrogens (tertiary/aromatic N) is 2. The van der Waals surface area contributed by atoms with E-state index >= 15 is 0 Å². The number of nitrogens with two attached hydrogens (primary N) is 1. The lowest BCUT2D eigenvalue weighted by molar-refractivity contribution is 0.0521. The van der Waals surface area contributed by atoms with E-state index in [4.69, 9.17) is 5.73 Å². The van der Waals surface area contributed by atoms with Crippen LogP contribution in [0.4, 0.5) is 18.9 Å². The highest BCUT2D eigenvalue weighted by atomic mass is 19.1. The number of carbonyl (C=O) groups is 1. The second-order valence-electron chi connectivity index (χ2n) is 9.88. The highest BCUT2D eigenvalue weighted by Crippen LogP contribution is 2.42. The van der Waals surface area contributed by atoms with Gasteiger partial charge in [0.1, 0.15) is 28.8 Å². The standard InChI is InChI=1S/C27H27F3N4O2/c1-13-8-16(11-21(31)26(13)35)17-6-7-32-12-23(17)34-27(36)22-5-4-18(28)25(33-22)24-19(29)9-15(10-20(24)30)14-2-3-14/h4-7,9-10,12-14,16,21,26,35H,2-3,8,11,31H2,1H3,(H,34,36)/t13-,16+,21+,26+/m0/s1. The van der Waals surface area contributed by atoms with Crippen molar-refractivity contribution >= 4 is 11.6 Å². The van der Waals surface area contributed by atoms with E-state index in [2.05, 4.69) is 15.3 Å². The summed E-state index contributed by atoms with van der Waals surface area (Å²) in [5.74, 6) is -3.35. The quantitative estimate of drug-likeness (QED) is 0.467. The van der Waals surface area contributed by atoms with Crippen molar-refractivity contribution in [2.75, 3.05) is 5.32 Å². The molecule has 1 aromatic carbocycles. The Balaban J connectivity index is 1.42. The van der Waals surface area contributed by atoms with Gasteiger partial charge in [0.15, 0.2) is 0 Å². The van der Waals surface area contributed by atoms with Crippen LogP contribution in [0, 0.1) is 23.4 Å². The van der Waals surface area contributed by atoms with Gasteiger partial charge in [0.05, 0.1) is 23.6 Å². The van der Waals surface area contributed by atoms with Crippen molar-refractivity contribution < 1.29 is 23.1 Å². The van der Waals surface area contributed by atoms with Crippen LogP contribution < -0.4 is 11.1 Å². The number of aliphatic hydroxyl groups is 1. The zero-order chi connectivity index (χ0) is 25.6. The monoisotopic (exact) mass is 496 g/mol. The molecule has 0 radical (unpaired) electrons. The normalized spacial score (nSPS) is 23.9. The average molecular weight is 497 g/mol. The van der Waals surface area contributed by atoms with Crippen LogP contribution >= 0.6 is 0 Å². The predicted octanol–water partition coefficient (Wildman–Crippen LogP) is 4.89. The zero-order valence-electron chi connectivity index (χ0n) is 19.7. The van der Waals surface area contributed by atoms with Gasteiger partial charge >= 0.3 is 0 Å². The zero-order valence-corrected chi connectivity index (χ0v) is 19.7. The largest absolute Gasteiger partial charge is 0.391 e. The molecule has 188 valence electrons. The van der Waals surface area contributed by atoms with Gasteiger partial charge in [-0.15, -0.1) is 0 Å². The van der Waals surface area contributed by atoms with Crippen molar-refractivity contribution in [2.45, 2.75) is 56.6 Å². The number of hydrogen-bond acceptors (Lipinski definition) is 5. The first-order valence-electron chi connectivity index (χ1n) is 12.1. The van der Waals surface area contributed by atoms with Crippen molar-refractivity contribution in [3.05, 3.63) is 77.0 Å². The predicted molar refractivity (Wildman–Crippen MR) is 129 cm³/mol. The number of anilines is 1. The Labute approximate surface area is 206 Å². The average Bonchev–Trinajstić information content (AvgIpc) is 3.69. The minimum atomic E-state index is -0.936. The summed E-state index contributed by atoms with van der Waals surface area (Å²) < 4.78 is 44.2. The van der Waals surface area contributed by atoms with Crippen LogP contribution in [-0.2, 0) is 0 Å². The smallest absolute Gasteiger partial charge is 0.274 e. The first-order chi connectivity index (χ1) is 17.2. The summed E-state index contributed by atoms with van der Waals surface area (Å²) in [6, 6.07) is 5.93. The van der Waals surface area contributed by atoms with Crippen molar-refractivity contribution in [1.82, 2.24) is 9.97 Å². The molecule has 2 aliphatic carbocycles. The second-order valence-corrected chi connectivity index (χ2v) is 9.88. The van der Waals surface area contributed by atoms with E-state index in [-0.39, 0.29) is 23.4 Å². The molecule has 0 spiro atoms. The number of aromatic nitrogens is 2. The highest BCUT2D eigenvalue weighted by molar-refractivity contribution is 6.03. The van der Waals surface area contributed by atoms with E-state index < -0.39 is 46.8 Å². The molecule has 6 nitrogen and oxygen atoms in total. The molecule has 36 heavy (non-hydrogen) atoms. The summed E-state index contributed by atoms with van der Waals surface area (Å²) in [5.41, 5.74) is 6.54. The second kappa shape index (κ2) is 9.63. The Morgan fingerprint density at radius 2 is 1.78 bits per heavy atom. The van der Waals surface area contributed by atoms with Crippen LogP contribution in [0.2, 0.25) is 0 Å². The lowest BCUT2D eigenvalue weighted by Crippen LogP contribution is -2.44. The molecule has 4 N–H and O–H groups in total. The fraction of sp³-hybridized carbons (Fsp3) is 0.370. The minimum Gasteiger partial charge on any atom is -0.391 e. The number of halogens is 3. The van der Waals surface area contributed by atoms with Gasteiger partial charge in [0.2, 0.25) is 0 Å². The number of benzene rings is 1. The number of aliphatic hydroxyl groups excluding tert-OH is 1. The van der Waals surface area contributed by atoms with Crippen LogP contribution in [0.15, 0.2) is 42.7 Å². The molecule has 0 saturated heterocycles. The van der Waals surface area contributed by atoms with Gasteiger partial charge in [-0.1, -0.05) is 6.92 Å². The molecule has 2 saturated carbocycles. The maximum absolute atomic E-state index is 14.8. The summed E-state index contributed by atoms with van der Waals surface area (Å²) in [5, 5.41) is 12.9. The Hall–Kier alpha value is -3.30. The Kier molecular flexibility index (Phi) is 6.53. The van der Waals surface area contributed by atoms with E-state index in [1.54, 1.807) is 12.3 Å². The van der Waals surface area contributed by atoms with Crippen LogP contribution in [-0.4, -0.2) is 33.1 Å². The fourth-order valence-electron chi connectivity index (χ4n) is 5.10. The van der Waals surface area contributed by atoms with Crippen LogP contribution in [0.3, 0.4) is 0 Å². The molecule has 0 bridgehead atoms. The third kappa shape index (κ3) is 4.73. The number of pyridine rings is 2. The number of carbonyl (C=O) groups excluding carboxylic acids is 1. The van der Waals surface area contributed by atoms with Crippen molar-refractivity contribution in [3.8, 4) is 11.3 Å². The maximum Gasteiger partial charge on any atom is 0.274 e. The third-order valence-corrected chi connectivity index (χ3v) is 7.21. The lowest BCUT2D eigenvalue weighted by atomic mass is 9.74. The van der Waals surface area contributed by atoms with Gasteiger partial charge in [-0.25, -0.2) is 18.2 Å². The molecular weight excluding hydrogens is 469 g/mol. The lowest BCUT2D eigenvalue weighted by Gasteiger charge is -2.36. The third-order valence-electron chi connectivity index (χ3n) is 7.21. The Bertz CT molecular complexity index is 1280. The topological polar surface area (TPSA) is 101 Å². The van der Waals surface area contributed by atoms with Crippen LogP contribution in [0.25, 0.3) is 11.3 Å². The SMILES string of the molecule is C[C@H]1C[C@@H](c2ccncc2NC(=O)c2ccc(F)c(-c3c(F)cc(C4CC4)cc3F)n2)C[C@@H](N)[C@@H]1O. The molecule has 0 aliphatic heterocycles. The van der Waals surface area contributed by atoms with E-state index in [0.29, 0.717) is 24.1 Å². The molecule has 2 aliphatic rings. The Morgan fingerprint density at radius 3 is 2.44 bits per heavy atom. The first-order valence-corrected chi connectivity index (χ1v) is 12.1. The van der Waals surface area contributed by atoms with Gasteiger partial charge in [-0.3, -0.25) is 9.78 Å². The maximum atomic E-state index is 14.8. The molecule has 4 atom stereocenters. The highest BCUT2D eigenvalue weighted by Gasteiger charge is 2.34. The van der Waals surface area contributed by atoms with Crippen LogP contribution in [0.1, 0.15) is 66.1 Å². The fourth-order valence-corrected chi connectivity index (χ4v) is 5.10. The number of hydrogen-bond donors (Lipinski definition) is 3. The van der Waals surface area contributed by atoms with Gasteiger partial charge in [-0.2, -0.15) is 0 Å². The van der Waals surface area contributed by atoms with E-state index in [9.17, 15) is 23.1 Å². The number of nitrogens with one attached hydrogen (secondary N) is 1. The van der Waals surface area contributed by atoms with E-state index in [1.165, 1.54) is 18.3 Å². The molecule has 2 aromatic heterocycles. The molecule has 3 aromatic rings. The molecule has 1 amide bonds. The summed E-state index contributed by atoms with van der Waals surface area (Å²) in [4.78, 5) is 21.2. The summed E-state index contributed by atoms with van der Waals surface area (Å²) in [7, 11) is 0. The van der Waals surface area contributed by atoms with Gasteiger partial charge < -0.3 is 16.2 Å². The molecule has 9 heteroatoms. The summed E-state index contributed by atoms with van der Waals surface area (Å²) in [6.45, 7) is 1.93. The molecule has 0 unspecified atom stereocenters. The van der Waals surface area contributed by atoms with Crippen LogP contribution in [0.5, 0.6) is 0 Å². The van der Waals surface area contributed by atoms with Crippen molar-refractivity contribution in [1.29, 1.82) is 0 Å². The Morgan fingerprint density at radius 1 is 1.06 bits per heavy atom. The van der Waals surface area contributed by atoms with Crippen molar-refractivity contribution in [3.63, 3.8) is 0 Å². The molecular formula is C27H27F3N4O2. The number of amides is 1. The van der Waals surface area contributed by atoms with Gasteiger partial charge in [0.25, 0.3) is 5.91 Å². The summed E-state index contributed by atoms with van der Waals surface area (Å²) in [6.07, 6.45) is 5.45. The minimum absolute atomic E-state index is 0.0124. The van der Waals surface area contributed by atoms with Gasteiger partial charge in [0, 0.05) is 12.2 Å². The van der Waals surface area contributed by atoms with E-state index in [0.717, 1.165) is 30.5 Å². The van der Waals surface area contributed by atoms with Gasteiger partial charge in [-0.05, 0) is 84.9 Å². The first kappa shape index (κ1) is 24.4. The molecule has 2 heterocycles. The molecule has 5 rings (SSSR count). The van der Waals surface area contributed by atoms with E-state index in [1.807, 2.05) is 6.92 Å². The van der Waals surface area contributed by atoms with Crippen molar-refractivity contribution in [2.24, 2.45) is 11.7 Å².